The van der Waals surface area contributed by atoms with Crippen LogP contribution >= 0.6 is 0 Å². The molecule has 4 heteroatoms. The van der Waals surface area contributed by atoms with Crippen molar-refractivity contribution in [2.24, 2.45) is 5.41 Å². The zero-order valence-electron chi connectivity index (χ0n) is 12.8. The van der Waals surface area contributed by atoms with Crippen LogP contribution < -0.4 is 5.32 Å². The van der Waals surface area contributed by atoms with Gasteiger partial charge in [-0.3, -0.25) is 4.79 Å². The van der Waals surface area contributed by atoms with Gasteiger partial charge in [0.15, 0.2) is 0 Å². The first kappa shape index (κ1) is 15.1. The van der Waals surface area contributed by atoms with Gasteiger partial charge in [-0.25, -0.2) is 0 Å². The first-order valence-electron chi connectivity index (χ1n) is 7.33. The highest BCUT2D eigenvalue weighted by atomic mass is 16.3. The van der Waals surface area contributed by atoms with E-state index >= 15 is 0 Å². The summed E-state index contributed by atoms with van der Waals surface area (Å²) < 4.78 is 5.76. The van der Waals surface area contributed by atoms with Crippen LogP contribution in [0.15, 0.2) is 10.5 Å². The van der Waals surface area contributed by atoms with Crippen LogP contribution in [0, 0.1) is 12.3 Å². The minimum absolute atomic E-state index is 0.00148. The largest absolute Gasteiger partial charge is 0.466 e. The Kier molecular flexibility index (Phi) is 4.23. The number of carbonyl (C=O) groups is 1. The molecule has 1 aromatic heterocycles. The number of furan rings is 1. The minimum Gasteiger partial charge on any atom is -0.466 e. The van der Waals surface area contributed by atoms with E-state index < -0.39 is 6.10 Å². The Morgan fingerprint density at radius 3 is 2.95 bits per heavy atom. The number of carbonyl (C=O) groups excluding carboxylic acids is 1. The Hall–Kier alpha value is -1.29. The summed E-state index contributed by atoms with van der Waals surface area (Å²) in [5, 5.41) is 12.3. The van der Waals surface area contributed by atoms with Gasteiger partial charge in [0, 0.05) is 18.4 Å². The lowest BCUT2D eigenvalue weighted by Crippen LogP contribution is -2.36. The summed E-state index contributed by atoms with van der Waals surface area (Å²) in [5.41, 5.74) is 1.24. The van der Waals surface area contributed by atoms with E-state index in [1.54, 1.807) is 6.92 Å². The molecule has 0 bridgehead atoms. The summed E-state index contributed by atoms with van der Waals surface area (Å²) in [4.78, 5) is 12.0. The van der Waals surface area contributed by atoms with Crippen LogP contribution in [0.3, 0.4) is 0 Å². The van der Waals surface area contributed by atoms with Crippen LogP contribution in [0.5, 0.6) is 0 Å². The second-order valence-corrected chi connectivity index (χ2v) is 6.79. The molecule has 2 unspecified atom stereocenters. The zero-order valence-corrected chi connectivity index (χ0v) is 12.8. The normalized spacial score (nSPS) is 22.1. The Balaban J connectivity index is 2.09. The number of amides is 1. The van der Waals surface area contributed by atoms with Gasteiger partial charge in [-0.1, -0.05) is 13.8 Å². The lowest BCUT2D eigenvalue weighted by molar-refractivity contribution is -0.122. The van der Waals surface area contributed by atoms with Crippen molar-refractivity contribution >= 4 is 5.91 Å². The van der Waals surface area contributed by atoms with E-state index in [-0.39, 0.29) is 17.4 Å². The molecule has 1 aliphatic rings. The minimum atomic E-state index is -0.435. The maximum Gasteiger partial charge on any atom is 0.220 e. The molecule has 1 amide bonds. The summed E-state index contributed by atoms with van der Waals surface area (Å²) in [6.07, 6.45) is 2.26. The number of rotatable bonds is 4. The van der Waals surface area contributed by atoms with Crippen LogP contribution in [-0.4, -0.2) is 17.1 Å². The van der Waals surface area contributed by atoms with Crippen molar-refractivity contribution < 1.29 is 14.3 Å². The Morgan fingerprint density at radius 1 is 1.60 bits per heavy atom. The van der Waals surface area contributed by atoms with Crippen LogP contribution in [-0.2, 0) is 11.2 Å². The predicted molar refractivity (Wildman–Crippen MR) is 77.3 cm³/mol. The third kappa shape index (κ3) is 3.63. The zero-order chi connectivity index (χ0) is 14.9. The third-order valence-corrected chi connectivity index (χ3v) is 3.86. The SMILES string of the molecule is Cc1cc2c(o1)CC(C)(C)CC2NC(=O)CCC(C)O. The molecule has 1 aromatic rings. The average Bonchev–Trinajstić information content (AvgIpc) is 2.65. The summed E-state index contributed by atoms with van der Waals surface area (Å²) >= 11 is 0. The van der Waals surface area contributed by atoms with E-state index in [9.17, 15) is 9.90 Å². The van der Waals surface area contributed by atoms with E-state index in [1.165, 1.54) is 0 Å². The summed E-state index contributed by atoms with van der Waals surface area (Å²) in [6.45, 7) is 8.04. The number of aryl methyl sites for hydroxylation is 1. The molecular weight excluding hydrogens is 254 g/mol. The highest BCUT2D eigenvalue weighted by Gasteiger charge is 2.35. The van der Waals surface area contributed by atoms with Gasteiger partial charge in [-0.2, -0.15) is 0 Å². The van der Waals surface area contributed by atoms with E-state index in [0.717, 1.165) is 29.9 Å². The Morgan fingerprint density at radius 2 is 2.30 bits per heavy atom. The molecule has 0 radical (unpaired) electrons. The quantitative estimate of drug-likeness (QED) is 0.891. The van der Waals surface area contributed by atoms with Gasteiger partial charge < -0.3 is 14.8 Å². The molecule has 1 aliphatic carbocycles. The van der Waals surface area contributed by atoms with Crippen LogP contribution in [0.4, 0.5) is 0 Å². The van der Waals surface area contributed by atoms with Crippen molar-refractivity contribution in [3.63, 3.8) is 0 Å². The number of hydrogen-bond donors (Lipinski definition) is 2. The van der Waals surface area contributed by atoms with Gasteiger partial charge in [0.2, 0.25) is 5.91 Å². The summed E-state index contributed by atoms with van der Waals surface area (Å²) in [5.74, 6) is 1.90. The number of aliphatic hydroxyl groups excluding tert-OH is 1. The average molecular weight is 279 g/mol. The van der Waals surface area contributed by atoms with E-state index in [4.69, 9.17) is 4.42 Å². The first-order valence-corrected chi connectivity index (χ1v) is 7.33. The summed E-state index contributed by atoms with van der Waals surface area (Å²) in [6, 6.07) is 2.05. The number of hydrogen-bond acceptors (Lipinski definition) is 3. The lowest BCUT2D eigenvalue weighted by Gasteiger charge is -2.34. The van der Waals surface area contributed by atoms with Crippen molar-refractivity contribution in [1.29, 1.82) is 0 Å². The second kappa shape index (κ2) is 5.60. The fourth-order valence-corrected chi connectivity index (χ4v) is 2.92. The molecule has 2 rings (SSSR count). The van der Waals surface area contributed by atoms with Crippen molar-refractivity contribution in [2.75, 3.05) is 0 Å². The number of fused-ring (bicyclic) bond motifs is 1. The van der Waals surface area contributed by atoms with Crippen molar-refractivity contribution in [2.45, 2.75) is 65.5 Å². The monoisotopic (exact) mass is 279 g/mol. The predicted octanol–water partition coefficient (Wildman–Crippen LogP) is 2.88. The summed E-state index contributed by atoms with van der Waals surface area (Å²) in [7, 11) is 0. The first-order chi connectivity index (χ1) is 9.27. The van der Waals surface area contributed by atoms with Crippen molar-refractivity contribution in [3.05, 3.63) is 23.2 Å². The number of nitrogens with one attached hydrogen (secondary N) is 1. The molecule has 112 valence electrons. The molecule has 20 heavy (non-hydrogen) atoms. The van der Waals surface area contributed by atoms with Crippen LogP contribution in [0.25, 0.3) is 0 Å². The van der Waals surface area contributed by atoms with Crippen molar-refractivity contribution in [1.82, 2.24) is 5.32 Å². The standard InChI is InChI=1S/C16H25NO3/c1-10(18)5-6-15(19)17-13-8-16(3,4)9-14-12(13)7-11(2)20-14/h7,10,13,18H,5-6,8-9H2,1-4H3,(H,17,19). The smallest absolute Gasteiger partial charge is 0.220 e. The molecule has 0 fully saturated rings. The lowest BCUT2D eigenvalue weighted by atomic mass is 9.74. The van der Waals surface area contributed by atoms with E-state index in [0.29, 0.717) is 12.8 Å². The molecule has 0 saturated heterocycles. The van der Waals surface area contributed by atoms with E-state index in [1.807, 2.05) is 13.0 Å². The maximum absolute atomic E-state index is 12.0. The fourth-order valence-electron chi connectivity index (χ4n) is 2.92. The number of aliphatic hydroxyl groups is 1. The van der Waals surface area contributed by atoms with Gasteiger partial charge in [0.25, 0.3) is 0 Å². The van der Waals surface area contributed by atoms with Crippen LogP contribution in [0.1, 0.15) is 63.2 Å². The fraction of sp³-hybridized carbons (Fsp3) is 0.688. The van der Waals surface area contributed by atoms with Crippen molar-refractivity contribution in [3.8, 4) is 0 Å². The Bertz CT molecular complexity index is 488. The molecule has 1 heterocycles. The van der Waals surface area contributed by atoms with Gasteiger partial charge >= 0.3 is 0 Å². The van der Waals surface area contributed by atoms with Gasteiger partial charge in [-0.05, 0) is 38.2 Å². The molecule has 2 atom stereocenters. The van der Waals surface area contributed by atoms with Gasteiger partial charge in [0.05, 0.1) is 12.1 Å². The van der Waals surface area contributed by atoms with Gasteiger partial charge in [-0.15, -0.1) is 0 Å². The molecule has 0 spiro atoms. The van der Waals surface area contributed by atoms with Crippen LogP contribution in [0.2, 0.25) is 0 Å². The van der Waals surface area contributed by atoms with E-state index in [2.05, 4.69) is 19.2 Å². The molecule has 0 aliphatic heterocycles. The Labute approximate surface area is 120 Å². The third-order valence-electron chi connectivity index (χ3n) is 3.86. The maximum atomic E-state index is 12.0. The highest BCUT2D eigenvalue weighted by Crippen LogP contribution is 2.42. The highest BCUT2D eigenvalue weighted by molar-refractivity contribution is 5.76. The van der Waals surface area contributed by atoms with Gasteiger partial charge in [0.1, 0.15) is 11.5 Å². The molecule has 0 saturated carbocycles. The topological polar surface area (TPSA) is 62.5 Å². The molecule has 2 N–H and O–H groups in total. The molecule has 0 aromatic carbocycles. The second-order valence-electron chi connectivity index (χ2n) is 6.79. The molecular formula is C16H25NO3. The molecule has 4 nitrogen and oxygen atoms in total.